The molecule has 1 amide bonds. The van der Waals surface area contributed by atoms with Crippen LogP contribution in [0.1, 0.15) is 6.92 Å². The monoisotopic (exact) mass is 307 g/mol. The summed E-state index contributed by atoms with van der Waals surface area (Å²) in [6, 6.07) is 5.16. The molecule has 3 nitrogen and oxygen atoms in total. The normalized spacial score (nSPS) is 12.3. The van der Waals surface area contributed by atoms with Gasteiger partial charge in [-0.15, -0.1) is 11.8 Å². The second kappa shape index (κ2) is 7.24. The number of nitrogens with zero attached hydrogens (tertiary/aromatic N) is 1. The number of hydrogen-bond donors (Lipinski definition) is 1. The molecular formula is C12H15Cl2NO2S. The van der Waals surface area contributed by atoms with Gasteiger partial charge in [0.05, 0.1) is 16.9 Å². The SMILES string of the molecule is CC(Sc1cc(Cl)ccc1Cl)C(=O)N(C)CCO. The number of hydrogen-bond acceptors (Lipinski definition) is 3. The molecule has 0 saturated carbocycles. The number of rotatable bonds is 5. The molecule has 18 heavy (non-hydrogen) atoms. The van der Waals surface area contributed by atoms with Crippen molar-refractivity contribution in [3.63, 3.8) is 0 Å². The minimum absolute atomic E-state index is 0.0441. The average Bonchev–Trinajstić information content (AvgIpc) is 2.33. The topological polar surface area (TPSA) is 40.5 Å². The van der Waals surface area contributed by atoms with Crippen LogP contribution in [0.3, 0.4) is 0 Å². The summed E-state index contributed by atoms with van der Waals surface area (Å²) >= 11 is 13.3. The van der Waals surface area contributed by atoms with Crippen LogP contribution in [0.4, 0.5) is 0 Å². The molecular weight excluding hydrogens is 293 g/mol. The summed E-state index contributed by atoms with van der Waals surface area (Å²) in [5.41, 5.74) is 0. The van der Waals surface area contributed by atoms with Crippen molar-refractivity contribution in [3.8, 4) is 0 Å². The van der Waals surface area contributed by atoms with Crippen LogP contribution in [0.2, 0.25) is 10.0 Å². The number of aliphatic hydroxyl groups is 1. The van der Waals surface area contributed by atoms with Gasteiger partial charge in [0.2, 0.25) is 5.91 Å². The fourth-order valence-corrected chi connectivity index (χ4v) is 2.90. The molecule has 1 unspecified atom stereocenters. The van der Waals surface area contributed by atoms with E-state index in [4.69, 9.17) is 28.3 Å². The average molecular weight is 308 g/mol. The van der Waals surface area contributed by atoms with Crippen molar-refractivity contribution < 1.29 is 9.90 Å². The zero-order chi connectivity index (χ0) is 13.7. The van der Waals surface area contributed by atoms with E-state index < -0.39 is 0 Å². The summed E-state index contributed by atoms with van der Waals surface area (Å²) in [5, 5.41) is 9.68. The lowest BCUT2D eigenvalue weighted by Crippen LogP contribution is -2.35. The lowest BCUT2D eigenvalue weighted by atomic mass is 10.4. The van der Waals surface area contributed by atoms with Crippen LogP contribution < -0.4 is 0 Å². The number of carbonyl (C=O) groups excluding carboxylic acids is 1. The maximum absolute atomic E-state index is 12.0. The number of benzene rings is 1. The fraction of sp³-hybridized carbons (Fsp3) is 0.417. The molecule has 0 spiro atoms. The fourth-order valence-electron chi connectivity index (χ4n) is 1.38. The highest BCUT2D eigenvalue weighted by atomic mass is 35.5. The van der Waals surface area contributed by atoms with Crippen LogP contribution in [0, 0.1) is 0 Å². The highest BCUT2D eigenvalue weighted by Crippen LogP contribution is 2.33. The summed E-state index contributed by atoms with van der Waals surface area (Å²) in [7, 11) is 1.66. The molecule has 0 aliphatic heterocycles. The Balaban J connectivity index is 2.72. The maximum Gasteiger partial charge on any atom is 0.235 e. The Bertz CT molecular complexity index is 429. The van der Waals surface area contributed by atoms with Crippen molar-refractivity contribution in [2.24, 2.45) is 0 Å². The Morgan fingerprint density at radius 1 is 1.50 bits per heavy atom. The van der Waals surface area contributed by atoms with Crippen LogP contribution in [0.15, 0.2) is 23.1 Å². The minimum atomic E-state index is -0.280. The van der Waals surface area contributed by atoms with Crippen LogP contribution in [0.25, 0.3) is 0 Å². The number of halogens is 2. The number of amides is 1. The van der Waals surface area contributed by atoms with E-state index in [-0.39, 0.29) is 17.8 Å². The van der Waals surface area contributed by atoms with Crippen LogP contribution in [-0.4, -0.2) is 41.4 Å². The number of thioether (sulfide) groups is 1. The molecule has 1 atom stereocenters. The highest BCUT2D eigenvalue weighted by molar-refractivity contribution is 8.00. The predicted octanol–water partition coefficient (Wildman–Crippen LogP) is 2.92. The van der Waals surface area contributed by atoms with Gasteiger partial charge in [0.1, 0.15) is 0 Å². The van der Waals surface area contributed by atoms with Crippen molar-refractivity contribution >= 4 is 40.9 Å². The smallest absolute Gasteiger partial charge is 0.235 e. The zero-order valence-corrected chi connectivity index (χ0v) is 12.5. The van der Waals surface area contributed by atoms with Crippen LogP contribution in [-0.2, 0) is 4.79 Å². The van der Waals surface area contributed by atoms with Crippen molar-refractivity contribution in [1.29, 1.82) is 0 Å². The zero-order valence-electron chi connectivity index (χ0n) is 10.2. The summed E-state index contributed by atoms with van der Waals surface area (Å²) in [6.45, 7) is 2.09. The molecule has 0 radical (unpaired) electrons. The molecule has 0 bridgehead atoms. The van der Waals surface area contributed by atoms with Gasteiger partial charge in [-0.05, 0) is 25.1 Å². The minimum Gasteiger partial charge on any atom is -0.395 e. The lowest BCUT2D eigenvalue weighted by Gasteiger charge is -2.20. The van der Waals surface area contributed by atoms with Gasteiger partial charge in [-0.3, -0.25) is 4.79 Å². The van der Waals surface area contributed by atoms with E-state index in [0.717, 1.165) is 4.90 Å². The van der Waals surface area contributed by atoms with E-state index in [1.807, 2.05) is 0 Å². The third kappa shape index (κ3) is 4.35. The number of likely N-dealkylation sites (N-methyl/N-ethyl adjacent to an activating group) is 1. The van der Waals surface area contributed by atoms with E-state index in [2.05, 4.69) is 0 Å². The lowest BCUT2D eigenvalue weighted by molar-refractivity contribution is -0.129. The molecule has 1 rings (SSSR count). The third-order valence-corrected chi connectivity index (χ3v) is 4.18. The molecule has 1 aromatic rings. The summed E-state index contributed by atoms with van der Waals surface area (Å²) in [6.07, 6.45) is 0. The van der Waals surface area contributed by atoms with Crippen molar-refractivity contribution in [3.05, 3.63) is 28.2 Å². The van der Waals surface area contributed by atoms with Crippen molar-refractivity contribution in [2.45, 2.75) is 17.1 Å². The van der Waals surface area contributed by atoms with Gasteiger partial charge >= 0.3 is 0 Å². The molecule has 0 saturated heterocycles. The van der Waals surface area contributed by atoms with E-state index in [0.29, 0.717) is 16.6 Å². The summed E-state index contributed by atoms with van der Waals surface area (Å²) in [4.78, 5) is 14.2. The highest BCUT2D eigenvalue weighted by Gasteiger charge is 2.19. The second-order valence-corrected chi connectivity index (χ2v) is 6.04. The van der Waals surface area contributed by atoms with E-state index >= 15 is 0 Å². The first kappa shape index (κ1) is 15.6. The third-order valence-electron chi connectivity index (χ3n) is 2.36. The van der Waals surface area contributed by atoms with Gasteiger partial charge in [0, 0.05) is 23.5 Å². The molecule has 6 heteroatoms. The molecule has 0 heterocycles. The summed E-state index contributed by atoms with van der Waals surface area (Å²) in [5.74, 6) is -0.0508. The van der Waals surface area contributed by atoms with Crippen LogP contribution >= 0.6 is 35.0 Å². The summed E-state index contributed by atoms with van der Waals surface area (Å²) < 4.78 is 0. The number of aliphatic hydroxyl groups excluding tert-OH is 1. The van der Waals surface area contributed by atoms with E-state index in [1.54, 1.807) is 32.2 Å². The molecule has 0 fully saturated rings. The Morgan fingerprint density at radius 2 is 2.17 bits per heavy atom. The molecule has 1 N–H and O–H groups in total. The van der Waals surface area contributed by atoms with Crippen molar-refractivity contribution in [2.75, 3.05) is 20.2 Å². The van der Waals surface area contributed by atoms with Crippen LogP contribution in [0.5, 0.6) is 0 Å². The van der Waals surface area contributed by atoms with Gasteiger partial charge in [0.15, 0.2) is 0 Å². The van der Waals surface area contributed by atoms with Gasteiger partial charge in [-0.2, -0.15) is 0 Å². The van der Waals surface area contributed by atoms with Gasteiger partial charge in [-0.25, -0.2) is 0 Å². The molecule has 1 aromatic carbocycles. The molecule has 0 aliphatic carbocycles. The predicted molar refractivity (Wildman–Crippen MR) is 76.5 cm³/mol. The first-order valence-electron chi connectivity index (χ1n) is 5.43. The van der Waals surface area contributed by atoms with E-state index in [9.17, 15) is 4.79 Å². The molecule has 0 aromatic heterocycles. The van der Waals surface area contributed by atoms with Gasteiger partial charge in [0.25, 0.3) is 0 Å². The first-order valence-corrected chi connectivity index (χ1v) is 7.06. The number of carbonyl (C=O) groups is 1. The standard InChI is InChI=1S/C12H15Cl2NO2S/c1-8(12(17)15(2)5-6-16)18-11-7-9(13)3-4-10(11)14/h3-4,7-8,16H,5-6H2,1-2H3. The Labute approximate surface area is 121 Å². The van der Waals surface area contributed by atoms with Gasteiger partial charge in [-0.1, -0.05) is 23.2 Å². The first-order chi connectivity index (χ1) is 8.45. The Hall–Kier alpha value is -0.420. The van der Waals surface area contributed by atoms with E-state index in [1.165, 1.54) is 16.7 Å². The largest absolute Gasteiger partial charge is 0.395 e. The maximum atomic E-state index is 12.0. The molecule has 0 aliphatic rings. The van der Waals surface area contributed by atoms with Crippen molar-refractivity contribution in [1.82, 2.24) is 4.90 Å². The quantitative estimate of drug-likeness (QED) is 0.850. The van der Waals surface area contributed by atoms with Gasteiger partial charge < -0.3 is 10.0 Å². The second-order valence-electron chi connectivity index (χ2n) is 3.82. The Morgan fingerprint density at radius 3 is 2.78 bits per heavy atom. The molecule has 100 valence electrons. The Kier molecular flexibility index (Phi) is 6.29.